The van der Waals surface area contributed by atoms with Gasteiger partial charge in [-0.3, -0.25) is 4.79 Å². The van der Waals surface area contributed by atoms with Crippen LogP contribution in [0.2, 0.25) is 0 Å². The Balaban J connectivity index is 1.50. The fourth-order valence-electron chi connectivity index (χ4n) is 2.88. The van der Waals surface area contributed by atoms with E-state index in [9.17, 15) is 4.79 Å². The van der Waals surface area contributed by atoms with Gasteiger partial charge >= 0.3 is 0 Å². The van der Waals surface area contributed by atoms with Gasteiger partial charge in [-0.2, -0.15) is 4.98 Å². The van der Waals surface area contributed by atoms with Crippen molar-refractivity contribution in [2.24, 2.45) is 0 Å². The van der Waals surface area contributed by atoms with Crippen molar-refractivity contribution in [2.45, 2.75) is 25.3 Å². The standard InChI is InChI=1S/C20H20N4O3/c1-24(12-16-11-17(27-23-16)13-6-7-13)20(25)15-5-3-4-14(10-15)19-21-9-8-18(22-19)26-2/h3-5,8-11,13H,6-7,12H2,1-2H3. The van der Waals surface area contributed by atoms with Gasteiger partial charge in [0.05, 0.1) is 13.7 Å². The summed E-state index contributed by atoms with van der Waals surface area (Å²) in [6.45, 7) is 0.398. The molecule has 1 aliphatic rings. The number of carbonyl (C=O) groups is 1. The molecule has 0 N–H and O–H groups in total. The maximum absolute atomic E-state index is 12.8. The van der Waals surface area contributed by atoms with Crippen LogP contribution in [0.4, 0.5) is 0 Å². The number of hydrogen-bond acceptors (Lipinski definition) is 6. The van der Waals surface area contributed by atoms with Crippen molar-refractivity contribution in [1.82, 2.24) is 20.0 Å². The van der Waals surface area contributed by atoms with Crippen LogP contribution in [0, 0.1) is 0 Å². The number of ether oxygens (including phenoxy) is 1. The number of nitrogens with zero attached hydrogens (tertiary/aromatic N) is 4. The zero-order valence-corrected chi connectivity index (χ0v) is 15.3. The molecule has 7 heteroatoms. The van der Waals surface area contributed by atoms with Gasteiger partial charge in [-0.05, 0) is 25.0 Å². The summed E-state index contributed by atoms with van der Waals surface area (Å²) in [6.07, 6.45) is 3.94. The Bertz CT molecular complexity index is 965. The molecule has 2 heterocycles. The molecule has 3 aromatic rings. The lowest BCUT2D eigenvalue weighted by atomic mass is 10.1. The lowest BCUT2D eigenvalue weighted by Crippen LogP contribution is -2.26. The summed E-state index contributed by atoms with van der Waals surface area (Å²) < 4.78 is 10.5. The van der Waals surface area contributed by atoms with Gasteiger partial charge in [-0.1, -0.05) is 17.3 Å². The van der Waals surface area contributed by atoms with E-state index in [1.807, 2.05) is 18.2 Å². The maximum Gasteiger partial charge on any atom is 0.253 e. The van der Waals surface area contributed by atoms with E-state index < -0.39 is 0 Å². The lowest BCUT2D eigenvalue weighted by molar-refractivity contribution is 0.0782. The molecule has 0 bridgehead atoms. The molecule has 0 aliphatic heterocycles. The number of rotatable bonds is 6. The Labute approximate surface area is 157 Å². The van der Waals surface area contributed by atoms with Crippen LogP contribution in [0.3, 0.4) is 0 Å². The minimum Gasteiger partial charge on any atom is -0.481 e. The van der Waals surface area contributed by atoms with Crippen molar-refractivity contribution in [2.75, 3.05) is 14.2 Å². The van der Waals surface area contributed by atoms with E-state index in [2.05, 4.69) is 15.1 Å². The predicted octanol–water partition coefficient (Wildman–Crippen LogP) is 3.29. The first-order valence-corrected chi connectivity index (χ1v) is 8.82. The predicted molar refractivity (Wildman–Crippen MR) is 98.3 cm³/mol. The van der Waals surface area contributed by atoms with Gasteiger partial charge in [0.2, 0.25) is 5.88 Å². The third-order valence-electron chi connectivity index (χ3n) is 4.51. The van der Waals surface area contributed by atoms with Crippen LogP contribution in [-0.2, 0) is 6.54 Å². The summed E-state index contributed by atoms with van der Waals surface area (Å²) in [5.41, 5.74) is 2.08. The molecule has 0 atom stereocenters. The van der Waals surface area contributed by atoms with Gasteiger partial charge in [0, 0.05) is 42.4 Å². The largest absolute Gasteiger partial charge is 0.481 e. The Hall–Kier alpha value is -3.22. The summed E-state index contributed by atoms with van der Waals surface area (Å²) in [4.78, 5) is 23.0. The zero-order valence-electron chi connectivity index (χ0n) is 15.3. The Morgan fingerprint density at radius 3 is 2.93 bits per heavy atom. The first kappa shape index (κ1) is 17.2. The van der Waals surface area contributed by atoms with Gasteiger partial charge in [0.15, 0.2) is 5.82 Å². The van der Waals surface area contributed by atoms with E-state index >= 15 is 0 Å². The summed E-state index contributed by atoms with van der Waals surface area (Å²) in [5.74, 6) is 2.31. The van der Waals surface area contributed by atoms with Crippen LogP contribution >= 0.6 is 0 Å². The normalized spacial score (nSPS) is 13.4. The molecule has 1 saturated carbocycles. The number of carbonyl (C=O) groups excluding carboxylic acids is 1. The van der Waals surface area contributed by atoms with Gasteiger partial charge in [-0.15, -0.1) is 0 Å². The van der Waals surface area contributed by atoms with E-state index in [4.69, 9.17) is 9.26 Å². The van der Waals surface area contributed by atoms with Crippen molar-refractivity contribution in [1.29, 1.82) is 0 Å². The fraction of sp³-hybridized carbons (Fsp3) is 0.300. The number of hydrogen-bond donors (Lipinski definition) is 0. The molecule has 138 valence electrons. The van der Waals surface area contributed by atoms with Crippen LogP contribution in [0.5, 0.6) is 5.88 Å². The summed E-state index contributed by atoms with van der Waals surface area (Å²) >= 11 is 0. The second-order valence-corrected chi connectivity index (χ2v) is 6.66. The Morgan fingerprint density at radius 2 is 2.15 bits per heavy atom. The smallest absolute Gasteiger partial charge is 0.253 e. The molecule has 0 spiro atoms. The Morgan fingerprint density at radius 1 is 1.30 bits per heavy atom. The second kappa shape index (κ2) is 7.19. The SMILES string of the molecule is COc1ccnc(-c2cccc(C(=O)N(C)Cc3cc(C4CC4)on3)c2)n1. The van der Waals surface area contributed by atoms with E-state index in [-0.39, 0.29) is 5.91 Å². The highest BCUT2D eigenvalue weighted by atomic mass is 16.5. The number of aromatic nitrogens is 3. The Kier molecular flexibility index (Phi) is 4.58. The minimum atomic E-state index is -0.101. The maximum atomic E-state index is 12.8. The molecule has 1 fully saturated rings. The fourth-order valence-corrected chi connectivity index (χ4v) is 2.88. The third kappa shape index (κ3) is 3.81. The van der Waals surface area contributed by atoms with Gasteiger partial charge in [0.25, 0.3) is 5.91 Å². The molecular formula is C20H20N4O3. The van der Waals surface area contributed by atoms with E-state index in [0.29, 0.717) is 29.7 Å². The number of benzene rings is 1. The first-order chi connectivity index (χ1) is 13.1. The zero-order chi connectivity index (χ0) is 18.8. The summed E-state index contributed by atoms with van der Waals surface area (Å²) in [5, 5.41) is 4.07. The molecule has 0 unspecified atom stereocenters. The van der Waals surface area contributed by atoms with Crippen LogP contribution in [0.1, 0.15) is 40.6 Å². The molecular weight excluding hydrogens is 344 g/mol. The van der Waals surface area contributed by atoms with Crippen molar-refractivity contribution in [3.63, 3.8) is 0 Å². The quantitative estimate of drug-likeness (QED) is 0.668. The van der Waals surface area contributed by atoms with E-state index in [1.165, 1.54) is 0 Å². The molecule has 2 aromatic heterocycles. The second-order valence-electron chi connectivity index (χ2n) is 6.66. The van der Waals surface area contributed by atoms with Gasteiger partial charge in [0.1, 0.15) is 11.5 Å². The average Bonchev–Trinajstić information content (AvgIpc) is 3.46. The molecule has 1 aromatic carbocycles. The van der Waals surface area contributed by atoms with Crippen LogP contribution in [-0.4, -0.2) is 40.1 Å². The molecule has 0 saturated heterocycles. The monoisotopic (exact) mass is 364 g/mol. The summed E-state index contributed by atoms with van der Waals surface area (Å²) in [7, 11) is 3.31. The van der Waals surface area contributed by atoms with Crippen LogP contribution in [0.25, 0.3) is 11.4 Å². The lowest BCUT2D eigenvalue weighted by Gasteiger charge is -2.16. The van der Waals surface area contributed by atoms with E-state index in [1.54, 1.807) is 43.5 Å². The highest BCUT2D eigenvalue weighted by Gasteiger charge is 2.28. The van der Waals surface area contributed by atoms with Gasteiger partial charge in [-0.25, -0.2) is 4.98 Å². The van der Waals surface area contributed by atoms with Crippen molar-refractivity contribution < 1.29 is 14.1 Å². The minimum absolute atomic E-state index is 0.101. The van der Waals surface area contributed by atoms with Crippen molar-refractivity contribution >= 4 is 5.91 Å². The average molecular weight is 364 g/mol. The molecule has 0 radical (unpaired) electrons. The molecule has 1 aliphatic carbocycles. The summed E-state index contributed by atoms with van der Waals surface area (Å²) in [6, 6.07) is 10.9. The molecule has 7 nitrogen and oxygen atoms in total. The van der Waals surface area contributed by atoms with E-state index in [0.717, 1.165) is 29.9 Å². The van der Waals surface area contributed by atoms with Crippen LogP contribution in [0.15, 0.2) is 47.1 Å². The number of methoxy groups -OCH3 is 1. The highest BCUT2D eigenvalue weighted by Crippen LogP contribution is 2.40. The third-order valence-corrected chi connectivity index (χ3v) is 4.51. The molecule has 27 heavy (non-hydrogen) atoms. The van der Waals surface area contributed by atoms with Gasteiger partial charge < -0.3 is 14.2 Å². The van der Waals surface area contributed by atoms with Crippen LogP contribution < -0.4 is 4.74 Å². The van der Waals surface area contributed by atoms with Crippen molar-refractivity contribution in [3.8, 4) is 17.3 Å². The number of amides is 1. The molecule has 1 amide bonds. The topological polar surface area (TPSA) is 81.4 Å². The molecule has 4 rings (SSSR count). The first-order valence-electron chi connectivity index (χ1n) is 8.82. The highest BCUT2D eigenvalue weighted by molar-refractivity contribution is 5.95. The van der Waals surface area contributed by atoms with Crippen molar-refractivity contribution in [3.05, 3.63) is 59.6 Å².